The van der Waals surface area contributed by atoms with Crippen LogP contribution in [-0.2, 0) is 4.74 Å². The molecule has 0 bridgehead atoms. The molecule has 1 aromatic carbocycles. The van der Waals surface area contributed by atoms with E-state index in [9.17, 15) is 5.11 Å². The Morgan fingerprint density at radius 1 is 1.50 bits per heavy atom. The zero-order valence-electron chi connectivity index (χ0n) is 8.66. The molecular formula is C11H17NO2. The minimum atomic E-state index is 0.234. The molecule has 78 valence electrons. The second-order valence-electron chi connectivity index (χ2n) is 3.26. The second kappa shape index (κ2) is 5.62. The van der Waals surface area contributed by atoms with E-state index < -0.39 is 0 Å². The van der Waals surface area contributed by atoms with Gasteiger partial charge in [0, 0.05) is 19.7 Å². The SMILES string of the molecule is COCCNC(C)c1cccc(O)c1. The summed E-state index contributed by atoms with van der Waals surface area (Å²) >= 11 is 0. The molecule has 2 N–H and O–H groups in total. The predicted octanol–water partition coefficient (Wildman–Crippen LogP) is 1.69. The number of hydrogen-bond donors (Lipinski definition) is 2. The molecule has 0 aliphatic rings. The predicted molar refractivity (Wildman–Crippen MR) is 56.4 cm³/mol. The minimum Gasteiger partial charge on any atom is -0.508 e. The normalized spacial score (nSPS) is 12.7. The first-order valence-electron chi connectivity index (χ1n) is 4.75. The van der Waals surface area contributed by atoms with Gasteiger partial charge < -0.3 is 15.2 Å². The summed E-state index contributed by atoms with van der Waals surface area (Å²) in [6, 6.07) is 7.51. The summed E-state index contributed by atoms with van der Waals surface area (Å²) in [7, 11) is 1.68. The molecule has 0 heterocycles. The van der Waals surface area contributed by atoms with Crippen LogP contribution in [0.1, 0.15) is 18.5 Å². The van der Waals surface area contributed by atoms with Gasteiger partial charge in [-0.1, -0.05) is 12.1 Å². The lowest BCUT2D eigenvalue weighted by atomic mass is 10.1. The number of phenols is 1. The van der Waals surface area contributed by atoms with Crippen molar-refractivity contribution < 1.29 is 9.84 Å². The molecule has 0 fully saturated rings. The van der Waals surface area contributed by atoms with Crippen LogP contribution in [-0.4, -0.2) is 25.4 Å². The summed E-state index contributed by atoms with van der Waals surface area (Å²) in [5.41, 5.74) is 1.08. The molecule has 3 nitrogen and oxygen atoms in total. The van der Waals surface area contributed by atoms with Crippen molar-refractivity contribution in [3.05, 3.63) is 29.8 Å². The van der Waals surface area contributed by atoms with E-state index in [-0.39, 0.29) is 6.04 Å². The summed E-state index contributed by atoms with van der Waals surface area (Å²) in [6.07, 6.45) is 0. The minimum absolute atomic E-state index is 0.234. The number of nitrogens with one attached hydrogen (secondary N) is 1. The Labute approximate surface area is 84.7 Å². The van der Waals surface area contributed by atoms with Crippen molar-refractivity contribution in [1.82, 2.24) is 5.32 Å². The Balaban J connectivity index is 2.47. The van der Waals surface area contributed by atoms with Gasteiger partial charge in [0.25, 0.3) is 0 Å². The van der Waals surface area contributed by atoms with E-state index in [4.69, 9.17) is 4.74 Å². The number of methoxy groups -OCH3 is 1. The van der Waals surface area contributed by atoms with E-state index >= 15 is 0 Å². The smallest absolute Gasteiger partial charge is 0.115 e. The summed E-state index contributed by atoms with van der Waals surface area (Å²) in [4.78, 5) is 0. The number of phenolic OH excluding ortho intramolecular Hbond substituents is 1. The quantitative estimate of drug-likeness (QED) is 0.702. The summed E-state index contributed by atoms with van der Waals surface area (Å²) in [5, 5.41) is 12.6. The average molecular weight is 195 g/mol. The van der Waals surface area contributed by atoms with E-state index in [2.05, 4.69) is 12.2 Å². The van der Waals surface area contributed by atoms with Crippen molar-refractivity contribution in [2.45, 2.75) is 13.0 Å². The van der Waals surface area contributed by atoms with Crippen LogP contribution in [0.25, 0.3) is 0 Å². The lowest BCUT2D eigenvalue weighted by Gasteiger charge is -2.13. The molecule has 0 saturated carbocycles. The zero-order valence-corrected chi connectivity index (χ0v) is 8.66. The third kappa shape index (κ3) is 3.36. The summed E-state index contributed by atoms with van der Waals surface area (Å²) in [5.74, 6) is 0.308. The standard InChI is InChI=1S/C11H17NO2/c1-9(12-6-7-14-2)10-4-3-5-11(13)8-10/h3-5,8-9,12-13H,6-7H2,1-2H3. The molecule has 14 heavy (non-hydrogen) atoms. The van der Waals surface area contributed by atoms with Crippen LogP contribution in [0, 0.1) is 0 Å². The maximum absolute atomic E-state index is 9.28. The first-order valence-corrected chi connectivity index (χ1v) is 4.75. The molecule has 0 aliphatic heterocycles. The topological polar surface area (TPSA) is 41.5 Å². The summed E-state index contributed by atoms with van der Waals surface area (Å²) in [6.45, 7) is 3.57. The van der Waals surface area contributed by atoms with Crippen LogP contribution in [0.3, 0.4) is 0 Å². The lowest BCUT2D eigenvalue weighted by Crippen LogP contribution is -2.22. The van der Waals surface area contributed by atoms with Gasteiger partial charge in [0.15, 0.2) is 0 Å². The van der Waals surface area contributed by atoms with Crippen molar-refractivity contribution in [3.8, 4) is 5.75 Å². The third-order valence-corrected chi connectivity index (χ3v) is 2.13. The molecule has 0 aliphatic carbocycles. The van der Waals surface area contributed by atoms with E-state index in [1.165, 1.54) is 0 Å². The van der Waals surface area contributed by atoms with Crippen molar-refractivity contribution in [2.75, 3.05) is 20.3 Å². The molecule has 0 spiro atoms. The maximum atomic E-state index is 9.28. The van der Waals surface area contributed by atoms with E-state index in [0.717, 1.165) is 12.1 Å². The van der Waals surface area contributed by atoms with Crippen LogP contribution < -0.4 is 5.32 Å². The Bertz CT molecular complexity index is 276. The number of hydrogen-bond acceptors (Lipinski definition) is 3. The molecule has 3 heteroatoms. The lowest BCUT2D eigenvalue weighted by molar-refractivity contribution is 0.196. The maximum Gasteiger partial charge on any atom is 0.115 e. The molecule has 1 unspecified atom stereocenters. The van der Waals surface area contributed by atoms with Gasteiger partial charge in [0.05, 0.1) is 6.61 Å². The Hall–Kier alpha value is -1.06. The van der Waals surface area contributed by atoms with E-state index in [1.54, 1.807) is 19.2 Å². The Kier molecular flexibility index (Phi) is 4.43. The molecule has 0 saturated heterocycles. The molecule has 1 aromatic rings. The van der Waals surface area contributed by atoms with Gasteiger partial charge in [-0.3, -0.25) is 0 Å². The zero-order chi connectivity index (χ0) is 10.4. The van der Waals surface area contributed by atoms with Gasteiger partial charge >= 0.3 is 0 Å². The molecule has 0 aromatic heterocycles. The highest BCUT2D eigenvalue weighted by atomic mass is 16.5. The highest BCUT2D eigenvalue weighted by Gasteiger charge is 2.03. The molecular weight excluding hydrogens is 178 g/mol. The van der Waals surface area contributed by atoms with Crippen molar-refractivity contribution in [2.24, 2.45) is 0 Å². The third-order valence-electron chi connectivity index (χ3n) is 2.13. The van der Waals surface area contributed by atoms with E-state index in [1.807, 2.05) is 12.1 Å². The number of ether oxygens (including phenoxy) is 1. The molecule has 0 amide bonds. The van der Waals surface area contributed by atoms with Crippen LogP contribution in [0.5, 0.6) is 5.75 Å². The van der Waals surface area contributed by atoms with Gasteiger partial charge in [0.1, 0.15) is 5.75 Å². The van der Waals surface area contributed by atoms with Gasteiger partial charge in [-0.2, -0.15) is 0 Å². The van der Waals surface area contributed by atoms with Crippen LogP contribution in [0.15, 0.2) is 24.3 Å². The van der Waals surface area contributed by atoms with Crippen molar-refractivity contribution in [1.29, 1.82) is 0 Å². The fourth-order valence-corrected chi connectivity index (χ4v) is 1.29. The molecule has 0 radical (unpaired) electrons. The molecule has 1 rings (SSSR count). The Morgan fingerprint density at radius 3 is 2.93 bits per heavy atom. The number of aromatic hydroxyl groups is 1. The van der Waals surface area contributed by atoms with Crippen molar-refractivity contribution >= 4 is 0 Å². The fourth-order valence-electron chi connectivity index (χ4n) is 1.29. The monoisotopic (exact) mass is 195 g/mol. The first-order chi connectivity index (χ1) is 6.74. The first kappa shape index (κ1) is 11.0. The van der Waals surface area contributed by atoms with E-state index in [0.29, 0.717) is 12.4 Å². The van der Waals surface area contributed by atoms with Gasteiger partial charge in [-0.25, -0.2) is 0 Å². The Morgan fingerprint density at radius 2 is 2.29 bits per heavy atom. The number of benzene rings is 1. The molecule has 1 atom stereocenters. The summed E-state index contributed by atoms with van der Waals surface area (Å²) < 4.78 is 4.94. The fraction of sp³-hybridized carbons (Fsp3) is 0.455. The average Bonchev–Trinajstić information content (AvgIpc) is 2.18. The highest BCUT2D eigenvalue weighted by Crippen LogP contribution is 2.17. The highest BCUT2D eigenvalue weighted by molar-refractivity contribution is 5.28. The van der Waals surface area contributed by atoms with Crippen LogP contribution in [0.2, 0.25) is 0 Å². The van der Waals surface area contributed by atoms with Crippen molar-refractivity contribution in [3.63, 3.8) is 0 Å². The number of rotatable bonds is 5. The van der Waals surface area contributed by atoms with Gasteiger partial charge in [0.2, 0.25) is 0 Å². The van der Waals surface area contributed by atoms with Crippen LogP contribution in [0.4, 0.5) is 0 Å². The van der Waals surface area contributed by atoms with Gasteiger partial charge in [-0.15, -0.1) is 0 Å². The van der Waals surface area contributed by atoms with Crippen LogP contribution >= 0.6 is 0 Å². The van der Waals surface area contributed by atoms with Gasteiger partial charge in [-0.05, 0) is 24.6 Å². The largest absolute Gasteiger partial charge is 0.508 e. The second-order valence-corrected chi connectivity index (χ2v) is 3.26.